The van der Waals surface area contributed by atoms with Crippen molar-refractivity contribution in [3.05, 3.63) is 34.9 Å². The van der Waals surface area contributed by atoms with Crippen LogP contribution in [0.4, 0.5) is 0 Å². The van der Waals surface area contributed by atoms with Gasteiger partial charge in [0.05, 0.1) is 18.5 Å². The summed E-state index contributed by atoms with van der Waals surface area (Å²) in [4.78, 5) is 25.1. The lowest BCUT2D eigenvalue weighted by Crippen LogP contribution is -2.35. The van der Waals surface area contributed by atoms with Crippen LogP contribution in [-0.4, -0.2) is 45.1 Å². The molecule has 0 amide bonds. The molecule has 1 saturated carbocycles. The second kappa shape index (κ2) is 6.72. The van der Waals surface area contributed by atoms with Crippen molar-refractivity contribution in [3.63, 3.8) is 0 Å². The van der Waals surface area contributed by atoms with Gasteiger partial charge in [-0.25, -0.2) is 8.42 Å². The third-order valence-electron chi connectivity index (χ3n) is 4.03. The van der Waals surface area contributed by atoms with Crippen molar-refractivity contribution in [1.29, 1.82) is 0 Å². The maximum Gasteiger partial charge on any atom is 0.325 e. The predicted octanol–water partition coefficient (Wildman–Crippen LogP) is 1.96. The van der Waals surface area contributed by atoms with E-state index < -0.39 is 38.4 Å². The first-order valence-electron chi connectivity index (χ1n) is 7.50. The van der Waals surface area contributed by atoms with Gasteiger partial charge >= 0.3 is 11.9 Å². The SMILES string of the molecule is CCOC(=O)C1(C(=O)OCC)C(c2cccc(Cl)c2)C1S(C)(=O)=O. The Morgan fingerprint density at radius 2 is 1.71 bits per heavy atom. The van der Waals surface area contributed by atoms with E-state index in [4.69, 9.17) is 21.1 Å². The van der Waals surface area contributed by atoms with Crippen molar-refractivity contribution in [2.24, 2.45) is 5.41 Å². The fraction of sp³-hybridized carbons (Fsp3) is 0.500. The first kappa shape index (κ1) is 18.7. The Bertz CT molecular complexity index is 740. The third-order valence-corrected chi connectivity index (χ3v) is 5.83. The van der Waals surface area contributed by atoms with Gasteiger partial charge in [0.15, 0.2) is 15.3 Å². The molecule has 0 saturated heterocycles. The summed E-state index contributed by atoms with van der Waals surface area (Å²) >= 11 is 5.97. The molecule has 1 aromatic carbocycles. The summed E-state index contributed by atoms with van der Waals surface area (Å²) < 4.78 is 34.5. The van der Waals surface area contributed by atoms with Crippen LogP contribution >= 0.6 is 11.6 Å². The van der Waals surface area contributed by atoms with Gasteiger partial charge in [-0.1, -0.05) is 23.7 Å². The van der Waals surface area contributed by atoms with E-state index in [1.54, 1.807) is 38.1 Å². The lowest BCUT2D eigenvalue weighted by atomic mass is 9.99. The van der Waals surface area contributed by atoms with Crippen LogP contribution in [0, 0.1) is 5.41 Å². The van der Waals surface area contributed by atoms with E-state index in [9.17, 15) is 18.0 Å². The number of esters is 2. The molecule has 8 heteroatoms. The van der Waals surface area contributed by atoms with Crippen molar-refractivity contribution in [2.75, 3.05) is 19.5 Å². The largest absolute Gasteiger partial charge is 0.465 e. The molecule has 2 unspecified atom stereocenters. The number of carbonyl (C=O) groups excluding carboxylic acids is 2. The summed E-state index contributed by atoms with van der Waals surface area (Å²) in [6.07, 6.45) is 0.995. The number of carbonyl (C=O) groups is 2. The van der Waals surface area contributed by atoms with Crippen LogP contribution in [0.25, 0.3) is 0 Å². The highest BCUT2D eigenvalue weighted by Crippen LogP contribution is 2.64. The van der Waals surface area contributed by atoms with Gasteiger partial charge in [0.2, 0.25) is 0 Å². The molecule has 1 aromatic rings. The van der Waals surface area contributed by atoms with Crippen molar-refractivity contribution in [2.45, 2.75) is 25.0 Å². The van der Waals surface area contributed by atoms with Gasteiger partial charge in [-0.3, -0.25) is 9.59 Å². The molecule has 2 rings (SSSR count). The van der Waals surface area contributed by atoms with E-state index in [-0.39, 0.29) is 13.2 Å². The lowest BCUT2D eigenvalue weighted by Gasteiger charge is -2.15. The van der Waals surface area contributed by atoms with E-state index in [1.807, 2.05) is 0 Å². The normalized spacial score (nSPS) is 21.8. The Hall–Kier alpha value is -1.60. The van der Waals surface area contributed by atoms with E-state index in [0.717, 1.165) is 6.26 Å². The Kier molecular flexibility index (Phi) is 5.25. The molecule has 6 nitrogen and oxygen atoms in total. The minimum Gasteiger partial charge on any atom is -0.465 e. The van der Waals surface area contributed by atoms with Gasteiger partial charge in [0, 0.05) is 17.2 Å². The average Bonchev–Trinajstić information content (AvgIpc) is 3.19. The van der Waals surface area contributed by atoms with Gasteiger partial charge in [0.25, 0.3) is 0 Å². The molecule has 0 aliphatic heterocycles. The Morgan fingerprint density at radius 3 is 2.12 bits per heavy atom. The number of halogens is 1. The maximum absolute atomic E-state index is 12.5. The van der Waals surface area contributed by atoms with Gasteiger partial charge in [-0.2, -0.15) is 0 Å². The topological polar surface area (TPSA) is 86.7 Å². The number of hydrogen-bond donors (Lipinski definition) is 0. The quantitative estimate of drug-likeness (QED) is 0.558. The van der Waals surface area contributed by atoms with Gasteiger partial charge < -0.3 is 9.47 Å². The van der Waals surface area contributed by atoms with Crippen molar-refractivity contribution in [3.8, 4) is 0 Å². The molecular formula is C16H19ClO6S. The number of benzene rings is 1. The lowest BCUT2D eigenvalue weighted by molar-refractivity contribution is -0.164. The minimum absolute atomic E-state index is 0.0265. The first-order valence-corrected chi connectivity index (χ1v) is 9.83. The second-order valence-electron chi connectivity index (χ2n) is 5.59. The smallest absolute Gasteiger partial charge is 0.325 e. The highest BCUT2D eigenvalue weighted by atomic mass is 35.5. The van der Waals surface area contributed by atoms with Gasteiger partial charge in [-0.15, -0.1) is 0 Å². The second-order valence-corrected chi connectivity index (χ2v) is 8.20. The van der Waals surface area contributed by atoms with Gasteiger partial charge in [0.1, 0.15) is 0 Å². The van der Waals surface area contributed by atoms with Gasteiger partial charge in [-0.05, 0) is 31.5 Å². The van der Waals surface area contributed by atoms with Crippen LogP contribution in [0.2, 0.25) is 5.02 Å². The number of ether oxygens (including phenoxy) is 2. The molecule has 0 radical (unpaired) electrons. The Labute approximate surface area is 146 Å². The molecule has 0 spiro atoms. The zero-order valence-corrected chi connectivity index (χ0v) is 15.2. The molecule has 24 heavy (non-hydrogen) atoms. The van der Waals surface area contributed by atoms with Crippen LogP contribution in [0.5, 0.6) is 0 Å². The van der Waals surface area contributed by atoms with Crippen molar-refractivity contribution < 1.29 is 27.5 Å². The number of rotatable bonds is 6. The molecule has 0 N–H and O–H groups in total. The molecule has 132 valence electrons. The third kappa shape index (κ3) is 3.02. The first-order chi connectivity index (χ1) is 11.2. The molecule has 2 atom stereocenters. The summed E-state index contributed by atoms with van der Waals surface area (Å²) in [5.41, 5.74) is -1.40. The van der Waals surface area contributed by atoms with E-state index >= 15 is 0 Å². The fourth-order valence-corrected chi connectivity index (χ4v) is 5.15. The summed E-state index contributed by atoms with van der Waals surface area (Å²) in [5.74, 6) is -2.66. The van der Waals surface area contributed by atoms with E-state index in [1.165, 1.54) is 0 Å². The number of sulfone groups is 1. The highest BCUT2D eigenvalue weighted by molar-refractivity contribution is 7.91. The van der Waals surface area contributed by atoms with Crippen LogP contribution < -0.4 is 0 Å². The zero-order valence-electron chi connectivity index (χ0n) is 13.6. The summed E-state index contributed by atoms with van der Waals surface area (Å²) in [6, 6.07) is 6.44. The Balaban J connectivity index is 2.61. The average molecular weight is 375 g/mol. The monoisotopic (exact) mass is 374 g/mol. The Morgan fingerprint density at radius 1 is 1.17 bits per heavy atom. The van der Waals surface area contributed by atoms with Crippen LogP contribution in [0.1, 0.15) is 25.3 Å². The van der Waals surface area contributed by atoms with E-state index in [2.05, 4.69) is 0 Å². The van der Waals surface area contributed by atoms with Crippen molar-refractivity contribution >= 4 is 33.4 Å². The summed E-state index contributed by atoms with van der Waals surface area (Å²) in [6.45, 7) is 3.23. The van der Waals surface area contributed by atoms with Crippen LogP contribution in [0.15, 0.2) is 24.3 Å². The van der Waals surface area contributed by atoms with E-state index in [0.29, 0.717) is 10.6 Å². The molecule has 1 aliphatic carbocycles. The summed E-state index contributed by atoms with van der Waals surface area (Å²) in [5, 5.41) is -0.852. The fourth-order valence-electron chi connectivity index (χ4n) is 3.15. The molecule has 1 fully saturated rings. The summed E-state index contributed by atoms with van der Waals surface area (Å²) in [7, 11) is -3.72. The highest BCUT2D eigenvalue weighted by Gasteiger charge is 2.81. The van der Waals surface area contributed by atoms with Crippen LogP contribution in [-0.2, 0) is 28.9 Å². The molecule has 0 heterocycles. The van der Waals surface area contributed by atoms with Crippen LogP contribution in [0.3, 0.4) is 0 Å². The molecular weight excluding hydrogens is 356 g/mol. The predicted molar refractivity (Wildman–Crippen MR) is 88.5 cm³/mol. The number of hydrogen-bond acceptors (Lipinski definition) is 6. The molecule has 0 bridgehead atoms. The standard InChI is InChI=1S/C16H19ClO6S/c1-4-22-14(18)16(15(19)23-5-2)12(13(16)24(3,20)21)10-7-6-8-11(17)9-10/h6-9,12-13H,4-5H2,1-3H3. The van der Waals surface area contributed by atoms with Crippen molar-refractivity contribution in [1.82, 2.24) is 0 Å². The minimum atomic E-state index is -3.72. The molecule has 1 aliphatic rings. The maximum atomic E-state index is 12.5. The zero-order chi connectivity index (χ0) is 18.1. The molecule has 0 aromatic heterocycles.